The van der Waals surface area contributed by atoms with Crippen molar-refractivity contribution in [3.8, 4) is 17.5 Å². The van der Waals surface area contributed by atoms with Gasteiger partial charge in [-0.05, 0) is 42.5 Å². The van der Waals surface area contributed by atoms with Gasteiger partial charge in [0.1, 0.15) is 17.2 Å². The first kappa shape index (κ1) is 17.7. The highest BCUT2D eigenvalue weighted by atomic mass is 35.5. The van der Waals surface area contributed by atoms with Crippen LogP contribution in [-0.2, 0) is 0 Å². The molecule has 0 saturated carbocycles. The number of nitriles is 1. The number of hydrogen-bond donors (Lipinski definition) is 2. The molecule has 0 saturated heterocycles. The molecule has 4 rings (SSSR count). The number of aromatic nitrogens is 2. The van der Waals surface area contributed by atoms with Gasteiger partial charge in [-0.3, -0.25) is 4.79 Å². The smallest absolute Gasteiger partial charge is 0.257 e. The Bertz CT molecular complexity index is 1260. The summed E-state index contributed by atoms with van der Waals surface area (Å²) in [4.78, 5) is 20.4. The summed E-state index contributed by atoms with van der Waals surface area (Å²) in [6, 6.07) is 17.8. The van der Waals surface area contributed by atoms with E-state index in [4.69, 9.17) is 16.9 Å². The van der Waals surface area contributed by atoms with Gasteiger partial charge in [0.25, 0.3) is 5.91 Å². The second-order valence-electron chi connectivity index (χ2n) is 6.09. The fraction of sp³-hybridized carbons (Fsp3) is 0. The normalized spacial score (nSPS) is 10.6. The molecule has 28 heavy (non-hydrogen) atoms. The van der Waals surface area contributed by atoms with Crippen molar-refractivity contribution in [1.82, 2.24) is 9.97 Å². The summed E-state index contributed by atoms with van der Waals surface area (Å²) in [6.45, 7) is 0. The van der Waals surface area contributed by atoms with Crippen LogP contribution in [0.4, 0.5) is 10.1 Å². The molecular formula is C21H12ClFN4O. The molecule has 1 heterocycles. The average molecular weight is 391 g/mol. The Morgan fingerprint density at radius 2 is 1.96 bits per heavy atom. The number of H-pyrrole nitrogens is 1. The van der Waals surface area contributed by atoms with Crippen molar-refractivity contribution >= 4 is 34.2 Å². The molecule has 7 heteroatoms. The number of fused-ring (bicyclic) bond motifs is 1. The van der Waals surface area contributed by atoms with Crippen molar-refractivity contribution in [2.75, 3.05) is 5.32 Å². The maximum Gasteiger partial charge on any atom is 0.257 e. The molecule has 1 amide bonds. The minimum absolute atomic E-state index is 0.255. The van der Waals surface area contributed by atoms with Crippen molar-refractivity contribution in [2.24, 2.45) is 0 Å². The average Bonchev–Trinajstić information content (AvgIpc) is 3.11. The molecule has 0 aliphatic carbocycles. The Morgan fingerprint density at radius 3 is 2.75 bits per heavy atom. The predicted molar refractivity (Wildman–Crippen MR) is 106 cm³/mol. The lowest BCUT2D eigenvalue weighted by atomic mass is 10.1. The van der Waals surface area contributed by atoms with Crippen LogP contribution in [0, 0.1) is 17.1 Å². The van der Waals surface area contributed by atoms with Gasteiger partial charge >= 0.3 is 0 Å². The third-order valence-electron chi connectivity index (χ3n) is 4.14. The molecule has 0 unspecified atom stereocenters. The number of halogens is 2. The highest BCUT2D eigenvalue weighted by molar-refractivity contribution is 6.32. The lowest BCUT2D eigenvalue weighted by Gasteiger charge is -2.06. The number of amides is 1. The van der Waals surface area contributed by atoms with Crippen molar-refractivity contribution in [1.29, 1.82) is 5.26 Å². The third kappa shape index (κ3) is 3.43. The van der Waals surface area contributed by atoms with Gasteiger partial charge in [0, 0.05) is 16.3 Å². The molecule has 0 aliphatic heterocycles. The quantitative estimate of drug-likeness (QED) is 0.507. The summed E-state index contributed by atoms with van der Waals surface area (Å²) in [7, 11) is 0. The molecule has 0 spiro atoms. The first-order valence-corrected chi connectivity index (χ1v) is 8.68. The van der Waals surface area contributed by atoms with E-state index in [1.54, 1.807) is 30.3 Å². The lowest BCUT2D eigenvalue weighted by Crippen LogP contribution is -2.12. The summed E-state index contributed by atoms with van der Waals surface area (Å²) < 4.78 is 13.4. The van der Waals surface area contributed by atoms with Gasteiger partial charge in [-0.2, -0.15) is 5.26 Å². The third-order valence-corrected chi connectivity index (χ3v) is 4.36. The van der Waals surface area contributed by atoms with Crippen LogP contribution in [-0.4, -0.2) is 15.9 Å². The standard InChI is InChI=1S/C21H12ClFN4O/c22-14-8-17(21(28)25-16-6-2-5-15(23)10-16)19-18(9-14)26-20(27-19)13-4-1-3-12(7-13)11-24/h1-10H,(H,25,28)(H,26,27). The molecule has 0 atom stereocenters. The van der Waals surface area contributed by atoms with E-state index < -0.39 is 11.7 Å². The van der Waals surface area contributed by atoms with Crippen LogP contribution in [0.1, 0.15) is 15.9 Å². The number of carbonyl (C=O) groups excluding carboxylic acids is 1. The Kier molecular flexibility index (Phi) is 4.52. The molecular weight excluding hydrogens is 379 g/mol. The van der Waals surface area contributed by atoms with Gasteiger partial charge in [0.2, 0.25) is 0 Å². The number of nitrogens with one attached hydrogen (secondary N) is 2. The predicted octanol–water partition coefficient (Wildman–Crippen LogP) is 5.15. The highest BCUT2D eigenvalue weighted by Gasteiger charge is 2.17. The molecule has 136 valence electrons. The van der Waals surface area contributed by atoms with Crippen LogP contribution in [0.15, 0.2) is 60.7 Å². The minimum atomic E-state index is -0.457. The van der Waals surface area contributed by atoms with Gasteiger partial charge in [-0.25, -0.2) is 9.37 Å². The van der Waals surface area contributed by atoms with Gasteiger partial charge in [-0.15, -0.1) is 0 Å². The number of anilines is 1. The van der Waals surface area contributed by atoms with Crippen LogP contribution in [0.2, 0.25) is 5.02 Å². The summed E-state index contributed by atoms with van der Waals surface area (Å²) in [6.07, 6.45) is 0. The van der Waals surface area contributed by atoms with E-state index in [0.29, 0.717) is 38.7 Å². The van der Waals surface area contributed by atoms with E-state index in [1.807, 2.05) is 6.07 Å². The van der Waals surface area contributed by atoms with Crippen LogP contribution in [0.25, 0.3) is 22.4 Å². The van der Waals surface area contributed by atoms with Crippen molar-refractivity contribution in [2.45, 2.75) is 0 Å². The number of benzene rings is 3. The highest BCUT2D eigenvalue weighted by Crippen LogP contribution is 2.27. The Labute approximate surface area is 164 Å². The van der Waals surface area contributed by atoms with Gasteiger partial charge in [0.15, 0.2) is 0 Å². The number of hydrogen-bond acceptors (Lipinski definition) is 3. The molecule has 0 aliphatic rings. The zero-order valence-corrected chi connectivity index (χ0v) is 15.1. The summed E-state index contributed by atoms with van der Waals surface area (Å²) >= 11 is 6.17. The Morgan fingerprint density at radius 1 is 1.14 bits per heavy atom. The number of nitrogens with zero attached hydrogens (tertiary/aromatic N) is 2. The van der Waals surface area contributed by atoms with Crippen LogP contribution >= 0.6 is 11.6 Å². The van der Waals surface area contributed by atoms with E-state index in [0.717, 1.165) is 0 Å². The van der Waals surface area contributed by atoms with E-state index in [2.05, 4.69) is 21.4 Å². The van der Waals surface area contributed by atoms with E-state index in [9.17, 15) is 9.18 Å². The molecule has 1 aromatic heterocycles. The van der Waals surface area contributed by atoms with Crippen molar-refractivity contribution in [3.63, 3.8) is 0 Å². The number of rotatable bonds is 3. The maximum absolute atomic E-state index is 13.4. The van der Waals surface area contributed by atoms with Gasteiger partial charge in [0.05, 0.1) is 22.7 Å². The fourth-order valence-corrected chi connectivity index (χ4v) is 3.11. The summed E-state index contributed by atoms with van der Waals surface area (Å²) in [5.74, 6) is -0.399. The molecule has 0 bridgehead atoms. The van der Waals surface area contributed by atoms with Gasteiger partial charge in [-0.1, -0.05) is 29.8 Å². The lowest BCUT2D eigenvalue weighted by molar-refractivity contribution is 0.102. The number of imidazole rings is 1. The summed E-state index contributed by atoms with van der Waals surface area (Å²) in [5, 5.41) is 12.1. The largest absolute Gasteiger partial charge is 0.338 e. The Balaban J connectivity index is 1.77. The van der Waals surface area contributed by atoms with Gasteiger partial charge < -0.3 is 10.3 Å². The molecule has 5 nitrogen and oxygen atoms in total. The number of carbonyl (C=O) groups is 1. The molecule has 0 fully saturated rings. The molecule has 4 aromatic rings. The van der Waals surface area contributed by atoms with Crippen LogP contribution in [0.5, 0.6) is 0 Å². The monoisotopic (exact) mass is 390 g/mol. The fourth-order valence-electron chi connectivity index (χ4n) is 2.89. The molecule has 0 radical (unpaired) electrons. The summed E-state index contributed by atoms with van der Waals surface area (Å²) in [5.41, 5.74) is 2.80. The van der Waals surface area contributed by atoms with Crippen LogP contribution < -0.4 is 5.32 Å². The molecule has 2 N–H and O–H groups in total. The van der Waals surface area contributed by atoms with E-state index in [1.165, 1.54) is 24.3 Å². The number of aromatic amines is 1. The van der Waals surface area contributed by atoms with E-state index in [-0.39, 0.29) is 5.56 Å². The second-order valence-corrected chi connectivity index (χ2v) is 6.53. The first-order valence-electron chi connectivity index (χ1n) is 8.30. The minimum Gasteiger partial charge on any atom is -0.338 e. The SMILES string of the molecule is N#Cc1cccc(-c2nc3c(C(=O)Nc4cccc(F)c4)cc(Cl)cc3[nH]2)c1. The van der Waals surface area contributed by atoms with E-state index >= 15 is 0 Å². The topological polar surface area (TPSA) is 81.6 Å². The zero-order chi connectivity index (χ0) is 19.7. The van der Waals surface area contributed by atoms with Crippen molar-refractivity contribution < 1.29 is 9.18 Å². The Hall–Kier alpha value is -3.69. The molecule has 3 aromatic carbocycles. The van der Waals surface area contributed by atoms with Crippen molar-refractivity contribution in [3.05, 3.63) is 82.6 Å². The maximum atomic E-state index is 13.4. The second kappa shape index (κ2) is 7.14. The first-order chi connectivity index (χ1) is 13.5. The zero-order valence-electron chi connectivity index (χ0n) is 14.3. The van der Waals surface area contributed by atoms with Crippen LogP contribution in [0.3, 0.4) is 0 Å².